The molecule has 2 aliphatic rings. The summed E-state index contributed by atoms with van der Waals surface area (Å²) in [5.74, 6) is 0.402. The molecule has 188 valence electrons. The van der Waals surface area contributed by atoms with Crippen LogP contribution in [-0.4, -0.2) is 61.1 Å². The quantitative estimate of drug-likeness (QED) is 0.435. The average Bonchev–Trinajstić information content (AvgIpc) is 3.24. The Morgan fingerprint density at radius 2 is 2.17 bits per heavy atom. The summed E-state index contributed by atoms with van der Waals surface area (Å²) in [5.41, 5.74) is 2.10. The van der Waals surface area contributed by atoms with Gasteiger partial charge in [-0.3, -0.25) is 14.7 Å². The fourth-order valence-electron chi connectivity index (χ4n) is 4.35. The molecule has 11 heteroatoms. The highest BCUT2D eigenvalue weighted by Crippen LogP contribution is 2.34. The number of ether oxygens (including phenoxy) is 3. The van der Waals surface area contributed by atoms with Crippen LogP contribution < -0.4 is 25.0 Å². The lowest BCUT2D eigenvalue weighted by Crippen LogP contribution is -2.31. The molecule has 1 saturated heterocycles. The number of rotatable bonds is 8. The number of amides is 2. The summed E-state index contributed by atoms with van der Waals surface area (Å²) in [6, 6.07) is 10.3. The van der Waals surface area contributed by atoms with E-state index in [0.717, 1.165) is 0 Å². The zero-order valence-corrected chi connectivity index (χ0v) is 19.5. The first-order valence-electron chi connectivity index (χ1n) is 11.5. The van der Waals surface area contributed by atoms with Gasteiger partial charge in [0, 0.05) is 36.1 Å². The van der Waals surface area contributed by atoms with Gasteiger partial charge in [-0.05, 0) is 36.4 Å². The van der Waals surface area contributed by atoms with Crippen LogP contribution in [0.15, 0.2) is 42.6 Å². The Labute approximate surface area is 206 Å². The molecule has 3 N–H and O–H groups in total. The van der Waals surface area contributed by atoms with Crippen LogP contribution in [0.2, 0.25) is 0 Å². The number of carbonyl (C=O) groups excluding carboxylic acids is 2. The van der Waals surface area contributed by atoms with E-state index in [1.807, 2.05) is 0 Å². The maximum absolute atomic E-state index is 14.5. The average molecular weight is 496 g/mol. The van der Waals surface area contributed by atoms with E-state index in [1.54, 1.807) is 36.4 Å². The maximum atomic E-state index is 14.5. The number of halogens is 1. The van der Waals surface area contributed by atoms with Gasteiger partial charge in [0.05, 0.1) is 37.2 Å². The summed E-state index contributed by atoms with van der Waals surface area (Å²) in [5, 5.41) is 16.9. The minimum atomic E-state index is -0.829. The van der Waals surface area contributed by atoms with Gasteiger partial charge in [0.2, 0.25) is 0 Å². The third-order valence-electron chi connectivity index (χ3n) is 6.13. The van der Waals surface area contributed by atoms with Gasteiger partial charge in [-0.25, -0.2) is 9.18 Å². The minimum Gasteiger partial charge on any atom is -0.497 e. The minimum absolute atomic E-state index is 0.0513. The standard InChI is InChI=1S/C25H25FN4O6/c1-34-16-3-4-21-18(8-16)19(20(26)11-28-21)10-27-9-15(31)7-17-12-30(25(33)36-17)14-2-5-23-22(6-14)29-24(32)13-35-23/h2-6,8,11,15,17,27,31H,7,9-10,12-13H2,1H3,(H,29,32)/t15-,17-/m0/s1. The van der Waals surface area contributed by atoms with Gasteiger partial charge in [-0.15, -0.1) is 0 Å². The van der Waals surface area contributed by atoms with Crippen molar-refractivity contribution in [2.75, 3.05) is 37.0 Å². The van der Waals surface area contributed by atoms with Crippen molar-refractivity contribution in [2.24, 2.45) is 0 Å². The second-order valence-electron chi connectivity index (χ2n) is 8.62. The number of hydrogen-bond donors (Lipinski definition) is 3. The third-order valence-corrected chi connectivity index (χ3v) is 6.13. The highest BCUT2D eigenvalue weighted by molar-refractivity contribution is 5.97. The number of benzene rings is 2. The summed E-state index contributed by atoms with van der Waals surface area (Å²) < 4.78 is 30.5. The van der Waals surface area contributed by atoms with E-state index in [2.05, 4.69) is 15.6 Å². The number of nitrogens with zero attached hydrogens (tertiary/aromatic N) is 2. The SMILES string of the molecule is COc1ccc2ncc(F)c(CNC[C@@H](O)C[C@H]3CN(c4ccc5c(c4)NC(=O)CO5)C(=O)O3)c2c1. The topological polar surface area (TPSA) is 122 Å². The Balaban J connectivity index is 1.17. The van der Waals surface area contributed by atoms with Crippen molar-refractivity contribution in [3.63, 3.8) is 0 Å². The molecule has 2 amide bonds. The Morgan fingerprint density at radius 1 is 1.31 bits per heavy atom. The lowest BCUT2D eigenvalue weighted by atomic mass is 10.1. The number of aliphatic hydroxyl groups is 1. The van der Waals surface area contributed by atoms with Gasteiger partial charge in [0.1, 0.15) is 23.4 Å². The highest BCUT2D eigenvalue weighted by atomic mass is 19.1. The van der Waals surface area contributed by atoms with Crippen molar-refractivity contribution >= 4 is 34.3 Å². The predicted octanol–water partition coefficient (Wildman–Crippen LogP) is 2.58. The van der Waals surface area contributed by atoms with E-state index in [0.29, 0.717) is 39.3 Å². The zero-order chi connectivity index (χ0) is 25.2. The van der Waals surface area contributed by atoms with Crippen LogP contribution in [0.1, 0.15) is 12.0 Å². The second-order valence-corrected chi connectivity index (χ2v) is 8.62. The summed E-state index contributed by atoms with van der Waals surface area (Å²) in [4.78, 5) is 29.6. The fraction of sp³-hybridized carbons (Fsp3) is 0.320. The number of anilines is 2. The predicted molar refractivity (Wildman–Crippen MR) is 129 cm³/mol. The molecule has 2 aromatic carbocycles. The highest BCUT2D eigenvalue weighted by Gasteiger charge is 2.34. The van der Waals surface area contributed by atoms with Gasteiger partial charge < -0.3 is 30.0 Å². The van der Waals surface area contributed by atoms with Gasteiger partial charge in [-0.2, -0.15) is 0 Å². The number of cyclic esters (lactones) is 1. The maximum Gasteiger partial charge on any atom is 0.414 e. The first-order valence-corrected chi connectivity index (χ1v) is 11.5. The van der Waals surface area contributed by atoms with Gasteiger partial charge in [-0.1, -0.05) is 0 Å². The largest absolute Gasteiger partial charge is 0.497 e. The Bertz CT molecular complexity index is 1320. The molecule has 36 heavy (non-hydrogen) atoms. The zero-order valence-electron chi connectivity index (χ0n) is 19.5. The number of methoxy groups -OCH3 is 1. The van der Waals surface area contributed by atoms with E-state index in [4.69, 9.17) is 14.2 Å². The van der Waals surface area contributed by atoms with Crippen molar-refractivity contribution in [1.82, 2.24) is 10.3 Å². The summed E-state index contributed by atoms with van der Waals surface area (Å²) >= 11 is 0. The van der Waals surface area contributed by atoms with E-state index in [9.17, 15) is 19.1 Å². The van der Waals surface area contributed by atoms with E-state index >= 15 is 0 Å². The normalized spacial score (nSPS) is 17.9. The van der Waals surface area contributed by atoms with Gasteiger partial charge >= 0.3 is 6.09 Å². The lowest BCUT2D eigenvalue weighted by molar-refractivity contribution is -0.118. The number of aliphatic hydroxyl groups excluding tert-OH is 1. The summed E-state index contributed by atoms with van der Waals surface area (Å²) in [7, 11) is 1.54. The van der Waals surface area contributed by atoms with Crippen LogP contribution >= 0.6 is 0 Å². The van der Waals surface area contributed by atoms with Crippen molar-refractivity contribution in [1.29, 1.82) is 0 Å². The summed E-state index contributed by atoms with van der Waals surface area (Å²) in [6.07, 6.45) is -0.522. The molecule has 3 heterocycles. The molecule has 0 bridgehead atoms. The Hall–Kier alpha value is -3.96. The molecule has 2 atom stereocenters. The molecule has 10 nitrogen and oxygen atoms in total. The van der Waals surface area contributed by atoms with Crippen LogP contribution in [0.4, 0.5) is 20.6 Å². The van der Waals surface area contributed by atoms with E-state index in [1.165, 1.54) is 18.2 Å². The van der Waals surface area contributed by atoms with Crippen LogP contribution in [0.5, 0.6) is 11.5 Å². The summed E-state index contributed by atoms with van der Waals surface area (Å²) in [6.45, 7) is 0.537. The van der Waals surface area contributed by atoms with Gasteiger partial charge in [0.25, 0.3) is 5.91 Å². The van der Waals surface area contributed by atoms with Crippen molar-refractivity contribution in [3.05, 3.63) is 54.0 Å². The Kier molecular flexibility index (Phi) is 6.57. The molecule has 1 fully saturated rings. The lowest BCUT2D eigenvalue weighted by Gasteiger charge is -2.21. The molecule has 0 aliphatic carbocycles. The van der Waals surface area contributed by atoms with Crippen LogP contribution in [-0.2, 0) is 16.1 Å². The van der Waals surface area contributed by atoms with E-state index < -0.39 is 24.1 Å². The van der Waals surface area contributed by atoms with Gasteiger partial charge in [0.15, 0.2) is 6.61 Å². The van der Waals surface area contributed by atoms with Crippen LogP contribution in [0.25, 0.3) is 10.9 Å². The molecule has 3 aromatic rings. The molecule has 5 rings (SSSR count). The van der Waals surface area contributed by atoms with Crippen molar-refractivity contribution in [2.45, 2.75) is 25.2 Å². The molecule has 0 saturated carbocycles. The molecule has 0 spiro atoms. The fourth-order valence-corrected chi connectivity index (χ4v) is 4.35. The number of carbonyl (C=O) groups is 2. The Morgan fingerprint density at radius 3 is 3.00 bits per heavy atom. The smallest absolute Gasteiger partial charge is 0.414 e. The number of pyridine rings is 1. The van der Waals surface area contributed by atoms with E-state index in [-0.39, 0.29) is 38.6 Å². The molecule has 0 unspecified atom stereocenters. The van der Waals surface area contributed by atoms with Crippen LogP contribution in [0, 0.1) is 5.82 Å². The number of hydrogen-bond acceptors (Lipinski definition) is 8. The third kappa shape index (κ3) is 4.88. The van der Waals surface area contributed by atoms with Crippen molar-refractivity contribution < 1.29 is 33.3 Å². The number of aromatic nitrogens is 1. The number of fused-ring (bicyclic) bond motifs is 2. The molecule has 1 aromatic heterocycles. The molecular formula is C25H25FN4O6. The van der Waals surface area contributed by atoms with Crippen molar-refractivity contribution in [3.8, 4) is 11.5 Å². The molecule has 2 aliphatic heterocycles. The first kappa shape index (κ1) is 23.8. The number of nitrogens with one attached hydrogen (secondary N) is 2. The molecular weight excluding hydrogens is 471 g/mol. The second kappa shape index (κ2) is 9.96. The molecule has 0 radical (unpaired) electrons. The monoisotopic (exact) mass is 496 g/mol. The van der Waals surface area contributed by atoms with Crippen LogP contribution in [0.3, 0.4) is 0 Å². The first-order chi connectivity index (χ1) is 17.4.